The van der Waals surface area contributed by atoms with Crippen LogP contribution in [0, 0.1) is 16.0 Å². The predicted octanol–water partition coefficient (Wildman–Crippen LogP) is 2.08. The number of nitro groups is 1. The van der Waals surface area contributed by atoms with Crippen LogP contribution in [0.1, 0.15) is 31.2 Å². The van der Waals surface area contributed by atoms with E-state index in [-0.39, 0.29) is 23.7 Å². The van der Waals surface area contributed by atoms with Gasteiger partial charge in [-0.3, -0.25) is 14.9 Å². The van der Waals surface area contributed by atoms with Gasteiger partial charge in [0.1, 0.15) is 0 Å². The van der Waals surface area contributed by atoms with Crippen molar-refractivity contribution in [3.8, 4) is 0 Å². The second kappa shape index (κ2) is 8.28. The number of nitro benzene ring substituents is 1. The number of urea groups is 1. The molecule has 0 bridgehead atoms. The first-order chi connectivity index (χ1) is 11.5. The minimum atomic E-state index is -0.776. The fraction of sp³-hybridized carbons (Fsp3) is 0.500. The fourth-order valence-corrected chi connectivity index (χ4v) is 2.93. The average Bonchev–Trinajstić information content (AvgIpc) is 2.55. The highest BCUT2D eigenvalue weighted by molar-refractivity contribution is 5.74. The van der Waals surface area contributed by atoms with Gasteiger partial charge in [-0.05, 0) is 32.1 Å². The molecule has 24 heavy (non-hydrogen) atoms. The van der Waals surface area contributed by atoms with E-state index in [0.29, 0.717) is 44.2 Å². The van der Waals surface area contributed by atoms with Gasteiger partial charge in [0, 0.05) is 24.2 Å². The normalized spacial score (nSPS) is 20.2. The largest absolute Gasteiger partial charge is 0.481 e. The van der Waals surface area contributed by atoms with Gasteiger partial charge in [-0.15, -0.1) is 0 Å². The summed E-state index contributed by atoms with van der Waals surface area (Å²) in [5.74, 6) is -1.09. The molecule has 0 saturated heterocycles. The first kappa shape index (κ1) is 17.7. The number of hydrogen-bond acceptors (Lipinski definition) is 4. The van der Waals surface area contributed by atoms with Crippen LogP contribution in [-0.2, 0) is 11.2 Å². The Morgan fingerprint density at radius 3 is 2.50 bits per heavy atom. The second-order valence-electron chi connectivity index (χ2n) is 5.92. The number of para-hydroxylation sites is 1. The SMILES string of the molecule is O=C(NCCc1ccccc1[N+](=O)[O-])NC1CCC(C(=O)O)CC1. The summed E-state index contributed by atoms with van der Waals surface area (Å²) in [6.07, 6.45) is 2.80. The lowest BCUT2D eigenvalue weighted by Crippen LogP contribution is -2.44. The molecule has 0 atom stereocenters. The first-order valence-electron chi connectivity index (χ1n) is 7.97. The third-order valence-electron chi connectivity index (χ3n) is 4.28. The van der Waals surface area contributed by atoms with Gasteiger partial charge in [0.2, 0.25) is 0 Å². The summed E-state index contributed by atoms with van der Waals surface area (Å²) in [6.45, 7) is 0.293. The maximum Gasteiger partial charge on any atom is 0.315 e. The molecule has 1 aliphatic carbocycles. The summed E-state index contributed by atoms with van der Waals surface area (Å²) in [4.78, 5) is 33.2. The van der Waals surface area contributed by atoms with Crippen LogP contribution in [0.5, 0.6) is 0 Å². The number of rotatable bonds is 6. The van der Waals surface area contributed by atoms with Gasteiger partial charge in [0.25, 0.3) is 5.69 Å². The molecular formula is C16H21N3O5. The van der Waals surface area contributed by atoms with E-state index in [1.807, 2.05) is 0 Å². The van der Waals surface area contributed by atoms with E-state index < -0.39 is 10.9 Å². The number of carbonyl (C=O) groups excluding carboxylic acids is 1. The van der Waals surface area contributed by atoms with E-state index in [1.54, 1.807) is 18.2 Å². The number of nitrogens with one attached hydrogen (secondary N) is 2. The van der Waals surface area contributed by atoms with Gasteiger partial charge >= 0.3 is 12.0 Å². The van der Waals surface area contributed by atoms with E-state index in [9.17, 15) is 19.7 Å². The minimum Gasteiger partial charge on any atom is -0.481 e. The van der Waals surface area contributed by atoms with Gasteiger partial charge in [-0.25, -0.2) is 4.79 Å². The van der Waals surface area contributed by atoms with E-state index in [2.05, 4.69) is 10.6 Å². The smallest absolute Gasteiger partial charge is 0.315 e. The quantitative estimate of drug-likeness (QED) is 0.543. The van der Waals surface area contributed by atoms with Crippen LogP contribution in [0.3, 0.4) is 0 Å². The number of amides is 2. The number of hydrogen-bond donors (Lipinski definition) is 3. The number of aliphatic carboxylic acids is 1. The molecule has 1 saturated carbocycles. The van der Waals surface area contributed by atoms with Crippen molar-refractivity contribution in [2.45, 2.75) is 38.1 Å². The van der Waals surface area contributed by atoms with Crippen molar-refractivity contribution in [1.82, 2.24) is 10.6 Å². The molecule has 0 aromatic heterocycles. The lowest BCUT2D eigenvalue weighted by atomic mass is 9.86. The molecule has 2 rings (SSSR count). The zero-order valence-electron chi connectivity index (χ0n) is 13.2. The maximum absolute atomic E-state index is 11.9. The molecule has 0 spiro atoms. The average molecular weight is 335 g/mol. The molecule has 8 nitrogen and oxygen atoms in total. The van der Waals surface area contributed by atoms with Gasteiger partial charge in [-0.2, -0.15) is 0 Å². The van der Waals surface area contributed by atoms with Crippen LogP contribution in [0.2, 0.25) is 0 Å². The summed E-state index contributed by atoms with van der Waals surface area (Å²) in [5, 5.41) is 25.4. The lowest BCUT2D eigenvalue weighted by Gasteiger charge is -2.26. The van der Waals surface area contributed by atoms with Crippen LogP contribution in [0.15, 0.2) is 24.3 Å². The van der Waals surface area contributed by atoms with E-state index >= 15 is 0 Å². The van der Waals surface area contributed by atoms with Gasteiger partial charge in [-0.1, -0.05) is 18.2 Å². The van der Waals surface area contributed by atoms with Crippen LogP contribution >= 0.6 is 0 Å². The van der Waals surface area contributed by atoms with Crippen LogP contribution < -0.4 is 10.6 Å². The maximum atomic E-state index is 11.9. The van der Waals surface area contributed by atoms with Crippen molar-refractivity contribution in [3.05, 3.63) is 39.9 Å². The Balaban J connectivity index is 1.73. The summed E-state index contributed by atoms with van der Waals surface area (Å²) >= 11 is 0. The number of nitrogens with zero attached hydrogens (tertiary/aromatic N) is 1. The molecule has 0 aliphatic heterocycles. The Morgan fingerprint density at radius 1 is 1.21 bits per heavy atom. The molecule has 0 unspecified atom stereocenters. The third kappa shape index (κ3) is 4.94. The Labute approximate surface area is 139 Å². The number of carboxylic acids is 1. The predicted molar refractivity (Wildman–Crippen MR) is 86.7 cm³/mol. The fourth-order valence-electron chi connectivity index (χ4n) is 2.93. The van der Waals surface area contributed by atoms with Crippen molar-refractivity contribution in [2.24, 2.45) is 5.92 Å². The van der Waals surface area contributed by atoms with E-state index in [1.165, 1.54) is 6.07 Å². The summed E-state index contributed by atoms with van der Waals surface area (Å²) < 4.78 is 0. The second-order valence-corrected chi connectivity index (χ2v) is 5.92. The third-order valence-corrected chi connectivity index (χ3v) is 4.28. The molecule has 1 aromatic carbocycles. The highest BCUT2D eigenvalue weighted by Gasteiger charge is 2.26. The zero-order chi connectivity index (χ0) is 17.5. The topological polar surface area (TPSA) is 122 Å². The van der Waals surface area contributed by atoms with Crippen molar-refractivity contribution in [2.75, 3.05) is 6.54 Å². The van der Waals surface area contributed by atoms with Gasteiger partial charge in [0.05, 0.1) is 10.8 Å². The van der Waals surface area contributed by atoms with Crippen molar-refractivity contribution < 1.29 is 19.6 Å². The lowest BCUT2D eigenvalue weighted by molar-refractivity contribution is -0.385. The molecule has 2 amide bonds. The number of benzene rings is 1. The summed E-state index contributed by atoms with van der Waals surface area (Å²) in [7, 11) is 0. The molecule has 8 heteroatoms. The summed E-state index contributed by atoms with van der Waals surface area (Å²) in [5.41, 5.74) is 0.622. The Kier molecular flexibility index (Phi) is 6.11. The molecule has 0 radical (unpaired) electrons. The molecule has 1 aliphatic rings. The standard InChI is InChI=1S/C16H21N3O5/c20-15(21)12-5-7-13(8-6-12)18-16(22)17-10-9-11-3-1-2-4-14(11)19(23)24/h1-4,12-13H,5-10H2,(H,20,21)(H2,17,18,22). The van der Waals surface area contributed by atoms with E-state index in [4.69, 9.17) is 5.11 Å². The molecule has 1 aromatic rings. The molecule has 3 N–H and O–H groups in total. The molecule has 1 fully saturated rings. The van der Waals surface area contributed by atoms with Crippen molar-refractivity contribution in [3.63, 3.8) is 0 Å². The highest BCUT2D eigenvalue weighted by atomic mass is 16.6. The summed E-state index contributed by atoms with van der Waals surface area (Å²) in [6, 6.07) is 6.10. The molecule has 130 valence electrons. The zero-order valence-corrected chi connectivity index (χ0v) is 13.2. The minimum absolute atomic E-state index is 0.0216. The van der Waals surface area contributed by atoms with Crippen LogP contribution in [-0.4, -0.2) is 34.6 Å². The molecular weight excluding hydrogens is 314 g/mol. The number of carbonyl (C=O) groups is 2. The monoisotopic (exact) mass is 335 g/mol. The van der Waals surface area contributed by atoms with E-state index in [0.717, 1.165) is 0 Å². The Bertz CT molecular complexity index is 611. The first-order valence-corrected chi connectivity index (χ1v) is 7.97. The van der Waals surface area contributed by atoms with Crippen LogP contribution in [0.4, 0.5) is 10.5 Å². The van der Waals surface area contributed by atoms with Crippen molar-refractivity contribution in [1.29, 1.82) is 0 Å². The Morgan fingerprint density at radius 2 is 1.88 bits per heavy atom. The van der Waals surface area contributed by atoms with Crippen molar-refractivity contribution >= 4 is 17.7 Å². The Hall–Kier alpha value is -2.64. The van der Waals surface area contributed by atoms with Crippen LogP contribution in [0.25, 0.3) is 0 Å². The van der Waals surface area contributed by atoms with Gasteiger partial charge in [0.15, 0.2) is 0 Å². The number of carboxylic acid groups (broad SMARTS) is 1. The molecule has 0 heterocycles. The highest BCUT2D eigenvalue weighted by Crippen LogP contribution is 2.24. The van der Waals surface area contributed by atoms with Gasteiger partial charge < -0.3 is 15.7 Å².